The summed E-state index contributed by atoms with van der Waals surface area (Å²) < 4.78 is 38.4. The van der Waals surface area contributed by atoms with Gasteiger partial charge in [-0.3, -0.25) is 0 Å². The SMILES string of the molecule is CCC(Nc1ccc(Br)c(C(F)(F)F)c1)C1CC1. The minimum atomic E-state index is -4.32. The average molecular weight is 322 g/mol. The van der Waals surface area contributed by atoms with Crippen molar-refractivity contribution in [3.8, 4) is 0 Å². The van der Waals surface area contributed by atoms with Crippen molar-refractivity contribution in [1.29, 1.82) is 0 Å². The molecule has 0 radical (unpaired) electrons. The summed E-state index contributed by atoms with van der Waals surface area (Å²) in [5.41, 5.74) is -0.0811. The van der Waals surface area contributed by atoms with E-state index in [1.165, 1.54) is 25.0 Å². The van der Waals surface area contributed by atoms with Crippen LogP contribution < -0.4 is 5.32 Å². The predicted octanol–water partition coefficient (Wildman–Crippen LogP) is 5.07. The third kappa shape index (κ3) is 3.19. The molecule has 0 aromatic heterocycles. The van der Waals surface area contributed by atoms with Gasteiger partial charge in [0.15, 0.2) is 0 Å². The van der Waals surface area contributed by atoms with Crippen molar-refractivity contribution in [2.45, 2.75) is 38.4 Å². The van der Waals surface area contributed by atoms with Crippen LogP contribution >= 0.6 is 15.9 Å². The summed E-state index contributed by atoms with van der Waals surface area (Å²) in [6, 6.07) is 4.59. The van der Waals surface area contributed by atoms with Gasteiger partial charge in [-0.25, -0.2) is 0 Å². The summed E-state index contributed by atoms with van der Waals surface area (Å²) in [4.78, 5) is 0. The van der Waals surface area contributed by atoms with Crippen molar-refractivity contribution in [2.24, 2.45) is 5.92 Å². The highest BCUT2D eigenvalue weighted by Crippen LogP contribution is 2.38. The Hall–Kier alpha value is -0.710. The molecule has 1 atom stereocenters. The van der Waals surface area contributed by atoms with Gasteiger partial charge in [0.25, 0.3) is 0 Å². The summed E-state index contributed by atoms with van der Waals surface area (Å²) >= 11 is 2.94. The van der Waals surface area contributed by atoms with Crippen LogP contribution in [-0.2, 0) is 6.18 Å². The molecule has 0 spiro atoms. The van der Waals surface area contributed by atoms with Gasteiger partial charge in [0.05, 0.1) is 5.56 Å². The number of rotatable bonds is 4. The highest BCUT2D eigenvalue weighted by Gasteiger charge is 2.34. The first-order valence-electron chi connectivity index (χ1n) is 6.05. The van der Waals surface area contributed by atoms with Gasteiger partial charge in [-0.05, 0) is 43.4 Å². The fraction of sp³-hybridized carbons (Fsp3) is 0.538. The number of alkyl halides is 3. The summed E-state index contributed by atoms with van der Waals surface area (Å²) in [6.45, 7) is 2.06. The van der Waals surface area contributed by atoms with Gasteiger partial charge in [0.2, 0.25) is 0 Å². The molecular formula is C13H15BrF3N. The van der Waals surface area contributed by atoms with E-state index < -0.39 is 11.7 Å². The van der Waals surface area contributed by atoms with Gasteiger partial charge in [-0.2, -0.15) is 13.2 Å². The third-order valence-electron chi connectivity index (χ3n) is 3.25. The Balaban J connectivity index is 2.18. The zero-order valence-corrected chi connectivity index (χ0v) is 11.6. The van der Waals surface area contributed by atoms with E-state index in [4.69, 9.17) is 0 Å². The lowest BCUT2D eigenvalue weighted by atomic mass is 10.1. The van der Waals surface area contributed by atoms with Crippen molar-refractivity contribution in [1.82, 2.24) is 0 Å². The lowest BCUT2D eigenvalue weighted by molar-refractivity contribution is -0.138. The number of nitrogens with one attached hydrogen (secondary N) is 1. The van der Waals surface area contributed by atoms with Crippen LogP contribution in [0.2, 0.25) is 0 Å². The monoisotopic (exact) mass is 321 g/mol. The smallest absolute Gasteiger partial charge is 0.382 e. The number of hydrogen-bond acceptors (Lipinski definition) is 1. The number of benzene rings is 1. The van der Waals surface area contributed by atoms with E-state index in [-0.39, 0.29) is 10.5 Å². The Morgan fingerprint density at radius 3 is 2.56 bits per heavy atom. The van der Waals surface area contributed by atoms with E-state index in [1.54, 1.807) is 6.07 Å². The normalized spacial score (nSPS) is 17.6. The molecule has 1 fully saturated rings. The first kappa shape index (κ1) is 13.7. The molecule has 0 saturated heterocycles. The standard InChI is InChI=1S/C13H15BrF3N/c1-2-12(8-3-4-8)18-9-5-6-11(14)10(7-9)13(15,16)17/h5-8,12,18H,2-4H2,1H3. The van der Waals surface area contributed by atoms with Gasteiger partial charge in [-0.15, -0.1) is 0 Å². The van der Waals surface area contributed by atoms with Crippen LogP contribution in [0.25, 0.3) is 0 Å². The number of anilines is 1. The second-order valence-corrected chi connectivity index (χ2v) is 5.54. The molecule has 1 saturated carbocycles. The van der Waals surface area contributed by atoms with Gasteiger partial charge in [0.1, 0.15) is 0 Å². The van der Waals surface area contributed by atoms with E-state index in [1.807, 2.05) is 0 Å². The zero-order valence-electron chi connectivity index (χ0n) is 10.0. The van der Waals surface area contributed by atoms with Gasteiger partial charge in [-0.1, -0.05) is 22.9 Å². The fourth-order valence-corrected chi connectivity index (χ4v) is 2.57. The highest BCUT2D eigenvalue weighted by molar-refractivity contribution is 9.10. The number of halogens is 4. The van der Waals surface area contributed by atoms with Crippen molar-refractivity contribution in [2.75, 3.05) is 5.32 Å². The van der Waals surface area contributed by atoms with Gasteiger partial charge >= 0.3 is 6.18 Å². The largest absolute Gasteiger partial charge is 0.417 e. The molecule has 5 heteroatoms. The van der Waals surface area contributed by atoms with Crippen LogP contribution in [0.1, 0.15) is 31.7 Å². The van der Waals surface area contributed by atoms with Gasteiger partial charge in [0, 0.05) is 16.2 Å². The molecule has 0 amide bonds. The van der Waals surface area contributed by atoms with E-state index in [0.29, 0.717) is 11.6 Å². The molecule has 100 valence electrons. The van der Waals surface area contributed by atoms with E-state index in [2.05, 4.69) is 28.2 Å². The Kier molecular flexibility index (Phi) is 3.90. The predicted molar refractivity (Wildman–Crippen MR) is 69.6 cm³/mol. The summed E-state index contributed by atoms with van der Waals surface area (Å²) in [5.74, 6) is 0.619. The van der Waals surface area contributed by atoms with E-state index >= 15 is 0 Å². The summed E-state index contributed by atoms with van der Waals surface area (Å²) in [7, 11) is 0. The fourth-order valence-electron chi connectivity index (χ4n) is 2.10. The Morgan fingerprint density at radius 1 is 1.39 bits per heavy atom. The van der Waals surface area contributed by atoms with Crippen LogP contribution in [0, 0.1) is 5.92 Å². The Bertz CT molecular complexity index is 427. The Morgan fingerprint density at radius 2 is 2.06 bits per heavy atom. The quantitative estimate of drug-likeness (QED) is 0.816. The average Bonchev–Trinajstić information content (AvgIpc) is 3.10. The first-order chi connectivity index (χ1) is 8.41. The molecule has 18 heavy (non-hydrogen) atoms. The minimum Gasteiger partial charge on any atom is -0.382 e. The molecule has 1 N–H and O–H groups in total. The second-order valence-electron chi connectivity index (χ2n) is 4.69. The summed E-state index contributed by atoms with van der Waals surface area (Å²) in [6.07, 6.45) is -1.04. The topological polar surface area (TPSA) is 12.0 Å². The van der Waals surface area contributed by atoms with Crippen LogP contribution in [-0.4, -0.2) is 6.04 Å². The molecular weight excluding hydrogens is 307 g/mol. The van der Waals surface area contributed by atoms with Crippen LogP contribution in [0.4, 0.5) is 18.9 Å². The zero-order chi connectivity index (χ0) is 13.3. The van der Waals surface area contributed by atoms with E-state index in [9.17, 15) is 13.2 Å². The second kappa shape index (κ2) is 5.11. The van der Waals surface area contributed by atoms with Crippen molar-refractivity contribution < 1.29 is 13.2 Å². The third-order valence-corrected chi connectivity index (χ3v) is 3.95. The highest BCUT2D eigenvalue weighted by atomic mass is 79.9. The van der Waals surface area contributed by atoms with Gasteiger partial charge < -0.3 is 5.32 Å². The lowest BCUT2D eigenvalue weighted by Gasteiger charge is -2.19. The molecule has 0 heterocycles. The van der Waals surface area contributed by atoms with Crippen LogP contribution in [0.5, 0.6) is 0 Å². The van der Waals surface area contributed by atoms with E-state index in [0.717, 1.165) is 6.42 Å². The molecule has 1 aliphatic rings. The van der Waals surface area contributed by atoms with Crippen molar-refractivity contribution >= 4 is 21.6 Å². The molecule has 1 unspecified atom stereocenters. The van der Waals surface area contributed by atoms with Crippen molar-refractivity contribution in [3.63, 3.8) is 0 Å². The van der Waals surface area contributed by atoms with Crippen molar-refractivity contribution in [3.05, 3.63) is 28.2 Å². The molecule has 1 aromatic carbocycles. The maximum Gasteiger partial charge on any atom is 0.417 e. The Labute approximate surface area is 113 Å². The molecule has 1 nitrogen and oxygen atoms in total. The lowest BCUT2D eigenvalue weighted by Crippen LogP contribution is -2.21. The first-order valence-corrected chi connectivity index (χ1v) is 6.84. The molecule has 1 aliphatic carbocycles. The number of hydrogen-bond donors (Lipinski definition) is 1. The molecule has 2 rings (SSSR count). The maximum absolute atomic E-state index is 12.8. The maximum atomic E-state index is 12.8. The molecule has 0 aliphatic heterocycles. The minimum absolute atomic E-state index is 0.0834. The molecule has 1 aromatic rings. The van der Waals surface area contributed by atoms with Crippen LogP contribution in [0.3, 0.4) is 0 Å². The molecule has 0 bridgehead atoms. The van der Waals surface area contributed by atoms with Crippen LogP contribution in [0.15, 0.2) is 22.7 Å². The summed E-state index contributed by atoms with van der Waals surface area (Å²) in [5, 5.41) is 3.21.